The molecule has 166 valence electrons. The van der Waals surface area contributed by atoms with Gasteiger partial charge in [-0.05, 0) is 78.1 Å². The topological polar surface area (TPSA) is 58.5 Å². The highest BCUT2D eigenvalue weighted by Gasteiger charge is 2.49. The van der Waals surface area contributed by atoms with Crippen molar-refractivity contribution in [2.45, 2.75) is 51.5 Å². The lowest BCUT2D eigenvalue weighted by Crippen LogP contribution is -2.59. The summed E-state index contributed by atoms with van der Waals surface area (Å²) in [7, 11) is 0. The molecule has 2 bridgehead atoms. The van der Waals surface area contributed by atoms with E-state index in [1.54, 1.807) is 0 Å². The maximum Gasteiger partial charge on any atom is 0.254 e. The van der Waals surface area contributed by atoms with Crippen LogP contribution in [-0.4, -0.2) is 39.6 Å². The van der Waals surface area contributed by atoms with Crippen molar-refractivity contribution in [2.24, 2.45) is 10.9 Å². The van der Waals surface area contributed by atoms with E-state index in [2.05, 4.69) is 51.9 Å². The van der Waals surface area contributed by atoms with Gasteiger partial charge in [-0.3, -0.25) is 9.79 Å². The minimum Gasteiger partial charge on any atom is -0.335 e. The fraction of sp³-hybridized carbons (Fsp3) is 0.357. The Balaban J connectivity index is 1.34. The number of aryl methyl sites for hydroxylation is 1. The van der Waals surface area contributed by atoms with Crippen LogP contribution in [0.15, 0.2) is 53.7 Å². The summed E-state index contributed by atoms with van der Waals surface area (Å²) in [6.07, 6.45) is 6.42. The van der Waals surface area contributed by atoms with Gasteiger partial charge in [0.1, 0.15) is 5.82 Å². The third kappa shape index (κ3) is 3.13. The molecule has 1 aromatic heterocycles. The van der Waals surface area contributed by atoms with E-state index >= 15 is 0 Å². The second-order valence-electron chi connectivity index (χ2n) is 9.95. The van der Waals surface area contributed by atoms with Crippen LogP contribution >= 0.6 is 0 Å². The van der Waals surface area contributed by atoms with Gasteiger partial charge in [0, 0.05) is 42.5 Å². The van der Waals surface area contributed by atoms with Crippen LogP contribution in [0.3, 0.4) is 0 Å². The molecule has 0 spiro atoms. The molecule has 0 N–H and O–H groups in total. The van der Waals surface area contributed by atoms with Crippen molar-refractivity contribution in [3.8, 4) is 11.3 Å². The maximum absolute atomic E-state index is 13.6. The van der Waals surface area contributed by atoms with Crippen molar-refractivity contribution in [3.63, 3.8) is 0 Å². The van der Waals surface area contributed by atoms with Gasteiger partial charge < -0.3 is 4.90 Å². The van der Waals surface area contributed by atoms with E-state index in [0.717, 1.165) is 59.7 Å². The van der Waals surface area contributed by atoms with E-state index in [9.17, 15) is 4.79 Å². The number of benzene rings is 2. The zero-order chi connectivity index (χ0) is 22.7. The highest BCUT2D eigenvalue weighted by Crippen LogP contribution is 2.49. The van der Waals surface area contributed by atoms with Gasteiger partial charge in [0.25, 0.3) is 5.91 Å². The van der Waals surface area contributed by atoms with Crippen molar-refractivity contribution in [1.82, 2.24) is 14.9 Å². The first-order chi connectivity index (χ1) is 15.9. The molecule has 6 rings (SSSR count). The molecule has 2 aromatic carbocycles. The van der Waals surface area contributed by atoms with Gasteiger partial charge >= 0.3 is 0 Å². The predicted molar refractivity (Wildman–Crippen MR) is 130 cm³/mol. The van der Waals surface area contributed by atoms with Crippen LogP contribution in [0, 0.1) is 12.8 Å². The molecule has 3 atom stereocenters. The maximum atomic E-state index is 13.6. The molecule has 0 radical (unpaired) electrons. The summed E-state index contributed by atoms with van der Waals surface area (Å²) in [5, 5.41) is 0. The molecule has 33 heavy (non-hydrogen) atoms. The van der Waals surface area contributed by atoms with Crippen molar-refractivity contribution in [1.29, 1.82) is 0 Å². The zero-order valence-corrected chi connectivity index (χ0v) is 19.4. The van der Waals surface area contributed by atoms with E-state index in [1.807, 2.05) is 43.6 Å². The van der Waals surface area contributed by atoms with Gasteiger partial charge in [0.2, 0.25) is 0 Å². The molecule has 5 nitrogen and oxygen atoms in total. The second-order valence-corrected chi connectivity index (χ2v) is 9.95. The lowest BCUT2D eigenvalue weighted by Gasteiger charge is -2.54. The number of aliphatic imine (C=N–C) groups is 1. The summed E-state index contributed by atoms with van der Waals surface area (Å²) in [5.74, 6) is 1.32. The molecular formula is C28H28N4O. The van der Waals surface area contributed by atoms with Gasteiger partial charge in [-0.15, -0.1) is 0 Å². The fourth-order valence-electron chi connectivity index (χ4n) is 6.06. The number of piperidine rings is 1. The number of amides is 1. The summed E-state index contributed by atoms with van der Waals surface area (Å²) in [5.41, 5.74) is 7.86. The molecule has 1 saturated heterocycles. The Hall–Kier alpha value is -3.34. The van der Waals surface area contributed by atoms with Gasteiger partial charge in [-0.1, -0.05) is 26.0 Å². The summed E-state index contributed by atoms with van der Waals surface area (Å²) in [6.45, 7) is 7.42. The molecule has 0 saturated carbocycles. The zero-order valence-electron chi connectivity index (χ0n) is 19.4. The van der Waals surface area contributed by atoms with E-state index in [1.165, 1.54) is 11.1 Å². The fourth-order valence-corrected chi connectivity index (χ4v) is 6.06. The van der Waals surface area contributed by atoms with E-state index in [0.29, 0.717) is 5.92 Å². The van der Waals surface area contributed by atoms with Crippen molar-refractivity contribution in [3.05, 3.63) is 76.7 Å². The lowest BCUT2D eigenvalue weighted by atomic mass is 9.58. The molecule has 5 heteroatoms. The normalized spacial score (nSPS) is 25.0. The van der Waals surface area contributed by atoms with Gasteiger partial charge in [0.05, 0.1) is 11.4 Å². The first-order valence-electron chi connectivity index (χ1n) is 11.8. The highest BCUT2D eigenvalue weighted by molar-refractivity contribution is 5.96. The summed E-state index contributed by atoms with van der Waals surface area (Å²) < 4.78 is 0. The number of likely N-dealkylation sites (tertiary alicyclic amines) is 1. The largest absolute Gasteiger partial charge is 0.335 e. The quantitative estimate of drug-likeness (QED) is 0.563. The Kier molecular flexibility index (Phi) is 4.51. The second kappa shape index (κ2) is 7.34. The number of hydrogen-bond donors (Lipinski definition) is 0. The molecule has 3 aromatic rings. The summed E-state index contributed by atoms with van der Waals surface area (Å²) in [4.78, 5) is 29.0. The molecule has 0 unspecified atom stereocenters. The van der Waals surface area contributed by atoms with Gasteiger partial charge in [-0.2, -0.15) is 0 Å². The smallest absolute Gasteiger partial charge is 0.254 e. The van der Waals surface area contributed by atoms with E-state index in [4.69, 9.17) is 0 Å². The Bertz CT molecular complexity index is 1310. The number of nitrogens with zero attached hydrogens (tertiary/aromatic N) is 4. The SMILES string of the molecule is Cc1nccc(-c2ccc3c(c2)[C@]2(C)CCN(C(=O)c4ccc5c(c4)CC=N5)[C@H](C3)[C@H]2C)n1. The van der Waals surface area contributed by atoms with Crippen LogP contribution in [0.5, 0.6) is 0 Å². The van der Waals surface area contributed by atoms with E-state index < -0.39 is 0 Å². The number of hydrogen-bond acceptors (Lipinski definition) is 4. The average molecular weight is 437 g/mol. The first-order valence-corrected chi connectivity index (χ1v) is 11.8. The molecule has 3 aliphatic rings. The third-order valence-corrected chi connectivity index (χ3v) is 8.21. The predicted octanol–water partition coefficient (Wildman–Crippen LogP) is 5.08. The van der Waals surface area contributed by atoms with Crippen LogP contribution in [0.1, 0.15) is 53.1 Å². The Morgan fingerprint density at radius 2 is 2.00 bits per heavy atom. The number of aromatic nitrogens is 2. The number of carbonyl (C=O) groups excluding carboxylic acids is 1. The third-order valence-electron chi connectivity index (χ3n) is 8.21. The molecule has 2 aliphatic heterocycles. The van der Waals surface area contributed by atoms with Crippen molar-refractivity contribution >= 4 is 17.8 Å². The summed E-state index contributed by atoms with van der Waals surface area (Å²) in [6, 6.07) is 14.9. The molecule has 1 amide bonds. The Labute approximate surface area is 194 Å². The first kappa shape index (κ1) is 20.3. The molecular weight excluding hydrogens is 408 g/mol. The highest BCUT2D eigenvalue weighted by atomic mass is 16.2. The van der Waals surface area contributed by atoms with E-state index in [-0.39, 0.29) is 17.4 Å². The van der Waals surface area contributed by atoms with Gasteiger partial charge in [0.15, 0.2) is 0 Å². The van der Waals surface area contributed by atoms with Crippen molar-refractivity contribution < 1.29 is 4.79 Å². The molecule has 1 fully saturated rings. The number of carbonyl (C=O) groups is 1. The lowest BCUT2D eigenvalue weighted by molar-refractivity contribution is 0.0251. The molecule has 3 heterocycles. The van der Waals surface area contributed by atoms with Crippen molar-refractivity contribution in [2.75, 3.05) is 6.54 Å². The Morgan fingerprint density at radius 1 is 1.12 bits per heavy atom. The minimum atomic E-state index is 0.0406. The summed E-state index contributed by atoms with van der Waals surface area (Å²) >= 11 is 0. The standard InChI is InChI=1S/C28H28N4O/c1-17-26-16-19-4-5-20(25-9-12-29-18(2)31-25)15-23(19)28(17,3)10-13-32(26)27(33)22-6-7-24-21(14-22)8-11-30-24/h4-7,9,11-12,14-15,17,26H,8,10,13,16H2,1-3H3/t17-,26-,28-/m1/s1. The minimum absolute atomic E-state index is 0.0406. The van der Waals surface area contributed by atoms with Crippen LogP contribution in [0.25, 0.3) is 11.3 Å². The monoisotopic (exact) mass is 436 g/mol. The van der Waals surface area contributed by atoms with Gasteiger partial charge in [-0.25, -0.2) is 9.97 Å². The van der Waals surface area contributed by atoms with Crippen LogP contribution in [0.2, 0.25) is 0 Å². The van der Waals surface area contributed by atoms with Crippen LogP contribution in [0.4, 0.5) is 5.69 Å². The Morgan fingerprint density at radius 3 is 2.85 bits per heavy atom. The average Bonchev–Trinajstić information content (AvgIpc) is 3.29. The molecule has 1 aliphatic carbocycles. The van der Waals surface area contributed by atoms with Crippen LogP contribution in [-0.2, 0) is 18.3 Å². The number of rotatable bonds is 2. The number of fused-ring (bicyclic) bond motifs is 5. The van der Waals surface area contributed by atoms with Crippen LogP contribution < -0.4 is 0 Å².